The SMILES string of the molecule is CC1=CC(C(F)(F)F)Cc2c1cc(Cc1c(Cl)ccc(C(=O)N3CCC(C)(C(=O)O)CC3)c1Cl)n2C. The van der Waals surface area contributed by atoms with Crippen LogP contribution < -0.4 is 0 Å². The molecule has 1 saturated heterocycles. The quantitative estimate of drug-likeness (QED) is 0.487. The molecule has 0 spiro atoms. The smallest absolute Gasteiger partial charge is 0.395 e. The molecular formula is C26H27Cl2F3N2O3. The molecule has 0 saturated carbocycles. The van der Waals surface area contributed by atoms with Crippen LogP contribution in [0, 0.1) is 11.3 Å². The summed E-state index contributed by atoms with van der Waals surface area (Å²) in [6.07, 6.45) is -2.28. The van der Waals surface area contributed by atoms with Gasteiger partial charge in [0.05, 0.1) is 21.9 Å². The molecule has 1 atom stereocenters. The molecule has 1 aromatic heterocycles. The summed E-state index contributed by atoms with van der Waals surface area (Å²) in [5, 5.41) is 9.99. The lowest BCUT2D eigenvalue weighted by Gasteiger charge is -2.36. The number of piperidine rings is 1. The first-order valence-corrected chi connectivity index (χ1v) is 12.4. The number of amides is 1. The Labute approximate surface area is 217 Å². The van der Waals surface area contributed by atoms with Crippen molar-refractivity contribution in [2.24, 2.45) is 18.4 Å². The first-order valence-electron chi connectivity index (χ1n) is 11.7. The topological polar surface area (TPSA) is 62.5 Å². The number of likely N-dealkylation sites (tertiary alicyclic amines) is 1. The van der Waals surface area contributed by atoms with Crippen LogP contribution in [0.25, 0.3) is 5.57 Å². The van der Waals surface area contributed by atoms with E-state index in [1.54, 1.807) is 42.5 Å². The predicted molar refractivity (Wildman–Crippen MR) is 132 cm³/mol. The number of carbonyl (C=O) groups excluding carboxylic acids is 1. The number of fused-ring (bicyclic) bond motifs is 1. The Morgan fingerprint density at radius 2 is 1.83 bits per heavy atom. The van der Waals surface area contributed by atoms with Crippen molar-refractivity contribution in [1.82, 2.24) is 9.47 Å². The Hall–Kier alpha value is -2.45. The number of carboxylic acid groups (broad SMARTS) is 1. The average molecular weight is 543 g/mol. The number of carbonyl (C=O) groups is 2. The molecule has 1 N–H and O–H groups in total. The number of benzene rings is 1. The zero-order chi connectivity index (χ0) is 26.6. The van der Waals surface area contributed by atoms with Gasteiger partial charge in [0.2, 0.25) is 0 Å². The predicted octanol–water partition coefficient (Wildman–Crippen LogP) is 6.39. The second-order valence-electron chi connectivity index (χ2n) is 9.98. The summed E-state index contributed by atoms with van der Waals surface area (Å²) in [6, 6.07) is 5.00. The number of nitrogens with zero attached hydrogens (tertiary/aromatic N) is 2. The monoisotopic (exact) mass is 542 g/mol. The van der Waals surface area contributed by atoms with Gasteiger partial charge < -0.3 is 14.6 Å². The Balaban J connectivity index is 1.60. The lowest BCUT2D eigenvalue weighted by molar-refractivity contribution is -0.161. The molecule has 1 unspecified atom stereocenters. The third-order valence-electron chi connectivity index (χ3n) is 7.61. The van der Waals surface area contributed by atoms with E-state index in [-0.39, 0.29) is 29.3 Å². The van der Waals surface area contributed by atoms with E-state index in [1.807, 2.05) is 6.07 Å². The van der Waals surface area contributed by atoms with Crippen molar-refractivity contribution in [2.75, 3.05) is 13.1 Å². The van der Waals surface area contributed by atoms with Gasteiger partial charge in [-0.05, 0) is 61.6 Å². The number of halogens is 5. The molecular weight excluding hydrogens is 516 g/mol. The van der Waals surface area contributed by atoms with Crippen LogP contribution >= 0.6 is 23.2 Å². The lowest BCUT2D eigenvalue weighted by Crippen LogP contribution is -2.45. The second-order valence-corrected chi connectivity index (χ2v) is 10.8. The number of rotatable bonds is 4. The summed E-state index contributed by atoms with van der Waals surface area (Å²) in [7, 11) is 1.73. The fourth-order valence-electron chi connectivity index (χ4n) is 5.02. The maximum Gasteiger partial charge on any atom is 0.395 e. The van der Waals surface area contributed by atoms with Gasteiger partial charge in [0.15, 0.2) is 0 Å². The highest BCUT2D eigenvalue weighted by Gasteiger charge is 2.41. The zero-order valence-electron chi connectivity index (χ0n) is 20.2. The zero-order valence-corrected chi connectivity index (χ0v) is 21.7. The highest BCUT2D eigenvalue weighted by atomic mass is 35.5. The van der Waals surface area contributed by atoms with Crippen LogP contribution in [-0.4, -0.2) is 45.7 Å². The summed E-state index contributed by atoms with van der Waals surface area (Å²) in [5.74, 6) is -2.71. The van der Waals surface area contributed by atoms with Crippen LogP contribution in [0.5, 0.6) is 0 Å². The van der Waals surface area contributed by atoms with Gasteiger partial charge >= 0.3 is 12.1 Å². The van der Waals surface area contributed by atoms with Crippen molar-refractivity contribution in [3.63, 3.8) is 0 Å². The van der Waals surface area contributed by atoms with E-state index in [0.29, 0.717) is 47.8 Å². The number of aliphatic carboxylic acids is 1. The summed E-state index contributed by atoms with van der Waals surface area (Å²) in [4.78, 5) is 26.4. The molecule has 2 aliphatic rings. The Morgan fingerprint density at radius 1 is 1.19 bits per heavy atom. The molecule has 194 valence electrons. The summed E-state index contributed by atoms with van der Waals surface area (Å²) in [5.41, 5.74) is 2.59. The summed E-state index contributed by atoms with van der Waals surface area (Å²) >= 11 is 13.1. The summed E-state index contributed by atoms with van der Waals surface area (Å²) in [6.45, 7) is 3.95. The molecule has 1 aliphatic carbocycles. The van der Waals surface area contributed by atoms with Crippen molar-refractivity contribution in [3.05, 3.63) is 62.4 Å². The second kappa shape index (κ2) is 9.45. The van der Waals surface area contributed by atoms with Crippen LogP contribution in [0.2, 0.25) is 10.0 Å². The van der Waals surface area contributed by atoms with Crippen molar-refractivity contribution in [1.29, 1.82) is 0 Å². The number of aromatic nitrogens is 1. The van der Waals surface area contributed by atoms with Crippen LogP contribution in [0.4, 0.5) is 13.2 Å². The molecule has 2 aromatic rings. The molecule has 0 bridgehead atoms. The Morgan fingerprint density at radius 3 is 2.42 bits per heavy atom. The standard InChI is InChI=1S/C26H27Cl2F3N2O3/c1-14-10-15(26(29,30)31)11-21-18(14)12-16(32(21)3)13-19-20(27)5-4-17(22(19)28)23(34)33-8-6-25(2,7-9-33)24(35)36/h4-5,10,12,15H,6-9,11,13H2,1-3H3,(H,35,36). The molecule has 10 heteroatoms. The molecule has 0 radical (unpaired) electrons. The normalized spacial score (nSPS) is 19.6. The van der Waals surface area contributed by atoms with Gasteiger partial charge in [0.25, 0.3) is 5.91 Å². The lowest BCUT2D eigenvalue weighted by atomic mass is 9.80. The molecule has 5 nitrogen and oxygen atoms in total. The highest BCUT2D eigenvalue weighted by molar-refractivity contribution is 6.38. The van der Waals surface area contributed by atoms with Crippen molar-refractivity contribution >= 4 is 40.7 Å². The number of carboxylic acids is 1. The number of alkyl halides is 3. The molecule has 1 aromatic carbocycles. The maximum atomic E-state index is 13.4. The van der Waals surface area contributed by atoms with E-state index in [9.17, 15) is 27.9 Å². The molecule has 1 amide bonds. The largest absolute Gasteiger partial charge is 0.481 e. The van der Waals surface area contributed by atoms with E-state index in [0.717, 1.165) is 11.3 Å². The van der Waals surface area contributed by atoms with Gasteiger partial charge in [0.1, 0.15) is 0 Å². The van der Waals surface area contributed by atoms with Crippen molar-refractivity contribution < 1.29 is 27.9 Å². The van der Waals surface area contributed by atoms with Gasteiger partial charge in [-0.15, -0.1) is 0 Å². The first kappa shape index (κ1) is 26.6. The van der Waals surface area contributed by atoms with Crippen molar-refractivity contribution in [2.45, 2.75) is 45.7 Å². The molecule has 4 rings (SSSR count). The van der Waals surface area contributed by atoms with Crippen LogP contribution in [-0.2, 0) is 24.7 Å². The van der Waals surface area contributed by atoms with E-state index < -0.39 is 23.5 Å². The van der Waals surface area contributed by atoms with E-state index in [1.165, 1.54) is 6.08 Å². The first-order chi connectivity index (χ1) is 16.7. The fourth-order valence-corrected chi connectivity index (χ4v) is 5.61. The summed E-state index contributed by atoms with van der Waals surface area (Å²) < 4.78 is 42.0. The minimum Gasteiger partial charge on any atom is -0.481 e. The molecule has 1 fully saturated rings. The van der Waals surface area contributed by atoms with E-state index in [4.69, 9.17) is 23.2 Å². The molecule has 1 aliphatic heterocycles. The van der Waals surface area contributed by atoms with Crippen LogP contribution in [0.15, 0.2) is 24.3 Å². The van der Waals surface area contributed by atoms with Gasteiger partial charge in [-0.2, -0.15) is 13.2 Å². The number of hydrogen-bond donors (Lipinski definition) is 1. The maximum absolute atomic E-state index is 13.4. The fraction of sp³-hybridized carbons (Fsp3) is 0.462. The van der Waals surface area contributed by atoms with Gasteiger partial charge in [-0.3, -0.25) is 9.59 Å². The Bertz CT molecular complexity index is 1260. The van der Waals surface area contributed by atoms with Crippen LogP contribution in [0.3, 0.4) is 0 Å². The van der Waals surface area contributed by atoms with Gasteiger partial charge in [0, 0.05) is 49.4 Å². The Kier molecular flexibility index (Phi) is 6.99. The third kappa shape index (κ3) is 4.77. The molecule has 36 heavy (non-hydrogen) atoms. The van der Waals surface area contributed by atoms with E-state index >= 15 is 0 Å². The molecule has 2 heterocycles. The third-order valence-corrected chi connectivity index (χ3v) is 8.40. The minimum absolute atomic E-state index is 0.142. The van der Waals surface area contributed by atoms with E-state index in [2.05, 4.69) is 0 Å². The highest BCUT2D eigenvalue weighted by Crippen LogP contribution is 2.40. The minimum atomic E-state index is -4.32. The van der Waals surface area contributed by atoms with Gasteiger partial charge in [-0.25, -0.2) is 0 Å². The van der Waals surface area contributed by atoms with Crippen molar-refractivity contribution in [3.8, 4) is 0 Å². The van der Waals surface area contributed by atoms with Gasteiger partial charge in [-0.1, -0.05) is 29.3 Å². The number of allylic oxidation sites excluding steroid dienone is 2. The van der Waals surface area contributed by atoms with Crippen LogP contribution in [0.1, 0.15) is 59.6 Å². The average Bonchev–Trinajstić information content (AvgIpc) is 3.12. The number of hydrogen-bond acceptors (Lipinski definition) is 2.